The van der Waals surface area contributed by atoms with E-state index in [9.17, 15) is 14.3 Å². The number of Topliss-reactive ketones (excluding diaryl/α,β-unsaturated/α-hetero) is 1. The van der Waals surface area contributed by atoms with E-state index in [2.05, 4.69) is 0 Å². The number of aromatic hydroxyl groups is 1. The third kappa shape index (κ3) is 2.97. The zero-order valence-electron chi connectivity index (χ0n) is 13.4. The number of hydrogen-bond donors (Lipinski definition) is 2. The lowest BCUT2D eigenvalue weighted by Crippen LogP contribution is -2.08. The van der Waals surface area contributed by atoms with Crippen LogP contribution in [0.15, 0.2) is 42.6 Å². The molecule has 4 nitrogen and oxygen atoms in total. The Hall–Kier alpha value is -2.82. The average molecular weight is 326 g/mol. The quantitative estimate of drug-likeness (QED) is 0.706. The van der Waals surface area contributed by atoms with Gasteiger partial charge in [0.1, 0.15) is 17.3 Å². The second-order valence-electron chi connectivity index (χ2n) is 5.85. The minimum absolute atomic E-state index is 0.00761. The Morgan fingerprint density at radius 1 is 1.21 bits per heavy atom. The molecule has 0 aliphatic rings. The molecule has 3 N–H and O–H groups in total. The summed E-state index contributed by atoms with van der Waals surface area (Å²) >= 11 is 0. The van der Waals surface area contributed by atoms with Gasteiger partial charge < -0.3 is 15.4 Å². The Labute approximate surface area is 139 Å². The highest BCUT2D eigenvalue weighted by Crippen LogP contribution is 2.31. The molecule has 0 bridgehead atoms. The van der Waals surface area contributed by atoms with Crippen LogP contribution in [0.25, 0.3) is 10.9 Å². The van der Waals surface area contributed by atoms with Crippen molar-refractivity contribution in [1.82, 2.24) is 4.57 Å². The number of rotatable bonds is 5. The van der Waals surface area contributed by atoms with Gasteiger partial charge in [-0.15, -0.1) is 0 Å². The number of phenolic OH excluding ortho intramolecular Hbond substituents is 1. The molecule has 0 atom stereocenters. The van der Waals surface area contributed by atoms with Crippen LogP contribution in [0.1, 0.15) is 18.1 Å². The second kappa shape index (κ2) is 6.35. The third-order valence-electron chi connectivity index (χ3n) is 4.17. The van der Waals surface area contributed by atoms with Crippen LogP contribution in [0.2, 0.25) is 0 Å². The first-order valence-corrected chi connectivity index (χ1v) is 7.85. The number of para-hydroxylation sites is 1. The van der Waals surface area contributed by atoms with Crippen LogP contribution in [-0.4, -0.2) is 15.5 Å². The molecule has 3 rings (SSSR count). The van der Waals surface area contributed by atoms with Crippen LogP contribution >= 0.6 is 0 Å². The topological polar surface area (TPSA) is 68.2 Å². The Morgan fingerprint density at radius 3 is 2.62 bits per heavy atom. The second-order valence-corrected chi connectivity index (χ2v) is 5.85. The maximum Gasteiger partial charge on any atom is 0.141 e. The van der Waals surface area contributed by atoms with E-state index in [1.165, 1.54) is 6.07 Å². The van der Waals surface area contributed by atoms with Crippen molar-refractivity contribution in [2.75, 3.05) is 5.73 Å². The monoisotopic (exact) mass is 326 g/mol. The highest BCUT2D eigenvalue weighted by Gasteiger charge is 2.16. The van der Waals surface area contributed by atoms with Gasteiger partial charge >= 0.3 is 0 Å². The number of anilines is 1. The van der Waals surface area contributed by atoms with E-state index in [4.69, 9.17) is 5.73 Å². The van der Waals surface area contributed by atoms with Crippen molar-refractivity contribution < 1.29 is 14.3 Å². The Balaban J connectivity index is 1.93. The van der Waals surface area contributed by atoms with Gasteiger partial charge in [-0.3, -0.25) is 4.79 Å². The molecule has 0 fully saturated rings. The Kier molecular flexibility index (Phi) is 4.25. The van der Waals surface area contributed by atoms with Crippen molar-refractivity contribution in [3.8, 4) is 5.75 Å². The van der Waals surface area contributed by atoms with Gasteiger partial charge in [-0.1, -0.05) is 18.2 Å². The molecule has 5 heteroatoms. The largest absolute Gasteiger partial charge is 0.507 e. The number of benzene rings is 2. The fraction of sp³-hybridized carbons (Fsp3) is 0.211. The van der Waals surface area contributed by atoms with Crippen LogP contribution in [-0.2, 0) is 24.2 Å². The average Bonchev–Trinajstić information content (AvgIpc) is 2.87. The molecule has 3 aromatic rings. The van der Waals surface area contributed by atoms with Crippen molar-refractivity contribution in [2.24, 2.45) is 0 Å². The molecular formula is C19H19FN2O2. The van der Waals surface area contributed by atoms with Gasteiger partial charge in [0.25, 0.3) is 0 Å². The smallest absolute Gasteiger partial charge is 0.141 e. The van der Waals surface area contributed by atoms with E-state index in [0.717, 1.165) is 11.6 Å². The number of phenols is 1. The minimum atomic E-state index is -0.497. The summed E-state index contributed by atoms with van der Waals surface area (Å²) in [6.45, 7) is 2.55. The number of fused-ring (bicyclic) bond motifs is 1. The number of carbonyl (C=O) groups excluding carboxylic acids is 1. The highest BCUT2D eigenvalue weighted by atomic mass is 19.1. The van der Waals surface area contributed by atoms with Crippen molar-refractivity contribution in [3.63, 3.8) is 0 Å². The molecule has 0 radical (unpaired) electrons. The molecule has 2 aromatic carbocycles. The van der Waals surface area contributed by atoms with E-state index in [0.29, 0.717) is 28.7 Å². The number of carbonyl (C=O) groups is 1. The van der Waals surface area contributed by atoms with Gasteiger partial charge in [0.2, 0.25) is 0 Å². The van der Waals surface area contributed by atoms with Crippen molar-refractivity contribution in [1.29, 1.82) is 0 Å². The summed E-state index contributed by atoms with van der Waals surface area (Å²) in [6, 6.07) is 9.71. The van der Waals surface area contributed by atoms with Gasteiger partial charge in [-0.25, -0.2) is 4.39 Å². The molecular weight excluding hydrogens is 307 g/mol. The lowest BCUT2D eigenvalue weighted by Gasteiger charge is -2.05. The maximum absolute atomic E-state index is 13.6. The molecule has 0 aliphatic heterocycles. The van der Waals surface area contributed by atoms with Gasteiger partial charge in [-0.2, -0.15) is 0 Å². The molecule has 0 saturated carbocycles. The lowest BCUT2D eigenvalue weighted by molar-refractivity contribution is -0.117. The van der Waals surface area contributed by atoms with E-state index in [-0.39, 0.29) is 24.4 Å². The van der Waals surface area contributed by atoms with Crippen LogP contribution in [0.3, 0.4) is 0 Å². The van der Waals surface area contributed by atoms with E-state index in [1.54, 1.807) is 12.3 Å². The zero-order valence-corrected chi connectivity index (χ0v) is 13.4. The number of ketones is 1. The predicted octanol–water partition coefficient (Wildman–Crippen LogP) is 3.44. The van der Waals surface area contributed by atoms with Gasteiger partial charge in [0.05, 0.1) is 5.52 Å². The van der Waals surface area contributed by atoms with E-state index < -0.39 is 5.82 Å². The molecule has 0 amide bonds. The standard InChI is InChI=1S/C19H19FN2O2/c1-2-22-11-13(19-17(22)9-14(20)10-18(19)24)8-15(23)7-12-5-3-4-6-16(12)21/h3-6,9-11,24H,2,7-8,21H2,1H3. The molecule has 1 heterocycles. The number of aromatic nitrogens is 1. The first kappa shape index (κ1) is 16.1. The third-order valence-corrected chi connectivity index (χ3v) is 4.17. The first-order chi connectivity index (χ1) is 11.5. The molecule has 0 unspecified atom stereocenters. The number of hydrogen-bond acceptors (Lipinski definition) is 3. The fourth-order valence-corrected chi connectivity index (χ4v) is 3.03. The zero-order chi connectivity index (χ0) is 17.3. The number of nitrogen functional groups attached to an aromatic ring is 1. The molecule has 124 valence electrons. The summed E-state index contributed by atoms with van der Waals surface area (Å²) in [5.74, 6) is -0.645. The molecule has 24 heavy (non-hydrogen) atoms. The summed E-state index contributed by atoms with van der Waals surface area (Å²) in [4.78, 5) is 12.4. The number of nitrogens with zero attached hydrogens (tertiary/aromatic N) is 1. The number of halogens is 1. The lowest BCUT2D eigenvalue weighted by atomic mass is 10.0. The van der Waals surface area contributed by atoms with Crippen LogP contribution < -0.4 is 5.73 Å². The van der Waals surface area contributed by atoms with Gasteiger partial charge in [-0.05, 0) is 30.2 Å². The van der Waals surface area contributed by atoms with Gasteiger partial charge in [0.15, 0.2) is 0 Å². The number of nitrogens with two attached hydrogens (primary N) is 1. The summed E-state index contributed by atoms with van der Waals surface area (Å²) in [5.41, 5.74) is 8.55. The molecule has 0 saturated heterocycles. The van der Waals surface area contributed by atoms with Gasteiger partial charge in [0, 0.05) is 42.7 Å². The van der Waals surface area contributed by atoms with Crippen LogP contribution in [0, 0.1) is 5.82 Å². The Morgan fingerprint density at radius 2 is 1.92 bits per heavy atom. The van der Waals surface area contributed by atoms with Crippen molar-refractivity contribution in [3.05, 3.63) is 59.5 Å². The predicted molar refractivity (Wildman–Crippen MR) is 92.5 cm³/mol. The number of aryl methyl sites for hydroxylation is 1. The first-order valence-electron chi connectivity index (χ1n) is 7.85. The summed E-state index contributed by atoms with van der Waals surface area (Å²) in [5, 5.41) is 10.6. The fourth-order valence-electron chi connectivity index (χ4n) is 3.03. The highest BCUT2D eigenvalue weighted by molar-refractivity contribution is 5.94. The van der Waals surface area contributed by atoms with E-state index >= 15 is 0 Å². The summed E-state index contributed by atoms with van der Waals surface area (Å²) < 4.78 is 15.4. The van der Waals surface area contributed by atoms with Crippen LogP contribution in [0.5, 0.6) is 5.75 Å². The molecule has 1 aromatic heterocycles. The summed E-state index contributed by atoms with van der Waals surface area (Å²) in [7, 11) is 0. The molecule has 0 aliphatic carbocycles. The normalized spacial score (nSPS) is 11.1. The van der Waals surface area contributed by atoms with Crippen molar-refractivity contribution in [2.45, 2.75) is 26.3 Å². The summed E-state index contributed by atoms with van der Waals surface area (Å²) in [6.07, 6.45) is 2.19. The van der Waals surface area contributed by atoms with Crippen LogP contribution in [0.4, 0.5) is 10.1 Å². The Bertz CT molecular complexity index is 915. The van der Waals surface area contributed by atoms with E-state index in [1.807, 2.05) is 29.7 Å². The van der Waals surface area contributed by atoms with Crippen molar-refractivity contribution >= 4 is 22.4 Å². The maximum atomic E-state index is 13.6. The SMILES string of the molecule is CCn1cc(CC(=O)Cc2ccccc2N)c2c(O)cc(F)cc21. The minimum Gasteiger partial charge on any atom is -0.507 e. The molecule has 0 spiro atoms.